The summed E-state index contributed by atoms with van der Waals surface area (Å²) < 4.78 is 5.53. The zero-order chi connectivity index (χ0) is 28.3. The summed E-state index contributed by atoms with van der Waals surface area (Å²) in [5.74, 6) is -0.264. The normalized spacial score (nSPS) is 22.9. The van der Waals surface area contributed by atoms with Crippen LogP contribution >= 0.6 is 0 Å². The van der Waals surface area contributed by atoms with Crippen LogP contribution < -0.4 is 15.5 Å². The molecule has 3 heterocycles. The molecule has 2 saturated heterocycles. The summed E-state index contributed by atoms with van der Waals surface area (Å²) in [5.41, 5.74) is 2.86. The first-order chi connectivity index (χ1) is 19.0. The number of anilines is 2. The van der Waals surface area contributed by atoms with Crippen molar-refractivity contribution in [1.82, 2.24) is 10.2 Å². The van der Waals surface area contributed by atoms with E-state index >= 15 is 0 Å². The van der Waals surface area contributed by atoms with Gasteiger partial charge in [0.05, 0.1) is 10.8 Å². The summed E-state index contributed by atoms with van der Waals surface area (Å²) in [4.78, 5) is 55.5. The van der Waals surface area contributed by atoms with Crippen molar-refractivity contribution in [3.8, 4) is 0 Å². The number of hydrogen-bond donors (Lipinski definition) is 2. The minimum Gasteiger partial charge on any atom is -0.444 e. The minimum atomic E-state index is -0.765. The highest BCUT2D eigenvalue weighted by Gasteiger charge is 2.53. The third-order valence-electron chi connectivity index (χ3n) is 8.85. The zero-order valence-corrected chi connectivity index (χ0v) is 23.3. The van der Waals surface area contributed by atoms with Gasteiger partial charge < -0.3 is 25.2 Å². The van der Waals surface area contributed by atoms with E-state index in [9.17, 15) is 19.2 Å². The highest BCUT2D eigenvalue weighted by molar-refractivity contribution is 6.12. The first kappa shape index (κ1) is 26.3. The van der Waals surface area contributed by atoms with E-state index in [1.807, 2.05) is 63.2 Å². The second-order valence-electron chi connectivity index (χ2n) is 12.6. The highest BCUT2D eigenvalue weighted by Crippen LogP contribution is 2.48. The number of likely N-dealkylation sites (tertiary alicyclic amines) is 1. The number of piperidine rings is 1. The van der Waals surface area contributed by atoms with Gasteiger partial charge in [0, 0.05) is 31.0 Å². The highest BCUT2D eigenvalue weighted by atomic mass is 16.6. The average molecular weight is 545 g/mol. The molecule has 2 aromatic carbocycles. The molecule has 2 fully saturated rings. The van der Waals surface area contributed by atoms with Crippen molar-refractivity contribution in [2.75, 3.05) is 36.4 Å². The summed E-state index contributed by atoms with van der Waals surface area (Å²) in [7, 11) is 0. The van der Waals surface area contributed by atoms with Gasteiger partial charge in [-0.05, 0) is 87.8 Å². The molecule has 40 heavy (non-hydrogen) atoms. The maximum atomic E-state index is 13.9. The minimum absolute atomic E-state index is 0.100. The number of hydrogen-bond acceptors (Lipinski definition) is 5. The van der Waals surface area contributed by atoms with E-state index < -0.39 is 11.0 Å². The van der Waals surface area contributed by atoms with Crippen LogP contribution in [-0.2, 0) is 37.4 Å². The molecule has 1 aliphatic carbocycles. The fourth-order valence-electron chi connectivity index (χ4n) is 6.86. The van der Waals surface area contributed by atoms with Crippen LogP contribution in [0.2, 0.25) is 0 Å². The number of nitrogens with one attached hydrogen (secondary N) is 2. The molecule has 0 radical (unpaired) electrons. The summed E-state index contributed by atoms with van der Waals surface area (Å²) >= 11 is 0. The lowest BCUT2D eigenvalue weighted by molar-refractivity contribution is -0.127. The number of rotatable bonds is 3. The molecule has 6 rings (SSSR count). The molecule has 210 valence electrons. The Balaban J connectivity index is 1.15. The van der Waals surface area contributed by atoms with E-state index in [1.54, 1.807) is 9.80 Å². The molecule has 4 aliphatic rings. The van der Waals surface area contributed by atoms with Crippen molar-refractivity contribution in [2.45, 2.75) is 63.9 Å². The number of nitrogens with zero attached hydrogens (tertiary/aromatic N) is 2. The molecule has 0 saturated carbocycles. The number of carbonyl (C=O) groups excluding carboxylic acids is 4. The molecule has 2 aromatic rings. The van der Waals surface area contributed by atoms with Crippen LogP contribution in [0.3, 0.4) is 0 Å². The fraction of sp³-hybridized carbons (Fsp3) is 0.484. The predicted octanol–water partition coefficient (Wildman–Crippen LogP) is 3.55. The summed E-state index contributed by atoms with van der Waals surface area (Å²) in [6.45, 7) is 6.93. The molecular weight excluding hydrogens is 508 g/mol. The SMILES string of the molecule is CC(C)(C)OC(=O)N1CCC2(CC1)C(=O)N(CC(=O)Nc1ccc3c(c1)CC1(CCNC1=O)C3)c1ccccc12. The van der Waals surface area contributed by atoms with Gasteiger partial charge in [0.15, 0.2) is 0 Å². The van der Waals surface area contributed by atoms with Crippen molar-refractivity contribution >= 4 is 35.2 Å². The maximum Gasteiger partial charge on any atom is 0.410 e. The summed E-state index contributed by atoms with van der Waals surface area (Å²) in [6.07, 6.45) is 2.82. The summed E-state index contributed by atoms with van der Waals surface area (Å²) in [6, 6.07) is 13.5. The Bertz CT molecular complexity index is 1400. The van der Waals surface area contributed by atoms with E-state index in [4.69, 9.17) is 4.74 Å². The molecule has 2 N–H and O–H groups in total. The second kappa shape index (κ2) is 9.35. The molecule has 1 atom stereocenters. The molecule has 9 heteroatoms. The summed E-state index contributed by atoms with van der Waals surface area (Å²) in [5, 5.41) is 5.93. The van der Waals surface area contributed by atoms with Crippen molar-refractivity contribution in [2.24, 2.45) is 5.41 Å². The van der Waals surface area contributed by atoms with Gasteiger partial charge in [-0.25, -0.2) is 4.79 Å². The third-order valence-corrected chi connectivity index (χ3v) is 8.85. The standard InChI is InChI=1S/C31H36N4O5/c1-29(2,3)40-28(39)34-14-11-31(12-15-34)23-6-4-5-7-24(23)35(27(31)38)19-25(36)33-22-9-8-20-17-30(18-21(20)16-22)10-13-32-26(30)37/h4-9,16H,10-15,17-19H2,1-3H3,(H,32,37)(H,33,36). The molecule has 0 bridgehead atoms. The smallest absolute Gasteiger partial charge is 0.410 e. The van der Waals surface area contributed by atoms with Crippen molar-refractivity contribution in [3.63, 3.8) is 0 Å². The fourth-order valence-corrected chi connectivity index (χ4v) is 6.86. The van der Waals surface area contributed by atoms with E-state index in [0.29, 0.717) is 44.6 Å². The number of fused-ring (bicyclic) bond motifs is 3. The van der Waals surface area contributed by atoms with E-state index in [0.717, 1.165) is 35.2 Å². The molecule has 2 spiro atoms. The van der Waals surface area contributed by atoms with Crippen molar-refractivity contribution in [3.05, 3.63) is 59.2 Å². The number of carbonyl (C=O) groups is 4. The van der Waals surface area contributed by atoms with Crippen LogP contribution in [-0.4, -0.2) is 60.5 Å². The number of para-hydroxylation sites is 1. The quantitative estimate of drug-likeness (QED) is 0.615. The number of benzene rings is 2. The Morgan fingerprint density at radius 3 is 2.42 bits per heavy atom. The van der Waals surface area contributed by atoms with E-state index in [1.165, 1.54) is 0 Å². The Hall–Kier alpha value is -3.88. The Labute approximate surface area is 234 Å². The number of amides is 4. The largest absolute Gasteiger partial charge is 0.444 e. The van der Waals surface area contributed by atoms with Gasteiger partial charge in [-0.1, -0.05) is 24.3 Å². The van der Waals surface area contributed by atoms with Crippen LogP contribution in [0.5, 0.6) is 0 Å². The molecule has 4 amide bonds. The van der Waals surface area contributed by atoms with Crippen LogP contribution in [0.4, 0.5) is 16.2 Å². The molecule has 0 aromatic heterocycles. The Morgan fingerprint density at radius 1 is 1.00 bits per heavy atom. The topological polar surface area (TPSA) is 108 Å². The predicted molar refractivity (Wildman–Crippen MR) is 150 cm³/mol. The van der Waals surface area contributed by atoms with Crippen LogP contribution in [0.25, 0.3) is 0 Å². The van der Waals surface area contributed by atoms with Crippen LogP contribution in [0.15, 0.2) is 42.5 Å². The number of ether oxygens (including phenoxy) is 1. The van der Waals surface area contributed by atoms with Crippen LogP contribution in [0.1, 0.15) is 56.7 Å². The Morgan fingerprint density at radius 2 is 1.73 bits per heavy atom. The third kappa shape index (κ3) is 4.41. The van der Waals surface area contributed by atoms with Crippen molar-refractivity contribution < 1.29 is 23.9 Å². The van der Waals surface area contributed by atoms with Gasteiger partial charge >= 0.3 is 6.09 Å². The first-order valence-corrected chi connectivity index (χ1v) is 14.1. The lowest BCUT2D eigenvalue weighted by atomic mass is 9.74. The lowest BCUT2D eigenvalue weighted by Crippen LogP contribution is -2.51. The lowest BCUT2D eigenvalue weighted by Gasteiger charge is -2.38. The van der Waals surface area contributed by atoms with E-state index in [2.05, 4.69) is 10.6 Å². The first-order valence-electron chi connectivity index (χ1n) is 14.1. The maximum absolute atomic E-state index is 13.9. The Kier molecular flexibility index (Phi) is 6.16. The van der Waals surface area contributed by atoms with E-state index in [-0.39, 0.29) is 35.8 Å². The van der Waals surface area contributed by atoms with Gasteiger partial charge in [0.2, 0.25) is 17.7 Å². The van der Waals surface area contributed by atoms with Gasteiger partial charge in [-0.2, -0.15) is 0 Å². The van der Waals surface area contributed by atoms with Gasteiger partial charge in [0.25, 0.3) is 0 Å². The van der Waals surface area contributed by atoms with Gasteiger partial charge in [-0.3, -0.25) is 14.4 Å². The molecule has 3 aliphatic heterocycles. The van der Waals surface area contributed by atoms with Gasteiger partial charge in [0.1, 0.15) is 12.1 Å². The molecule has 9 nitrogen and oxygen atoms in total. The monoisotopic (exact) mass is 544 g/mol. The average Bonchev–Trinajstić information content (AvgIpc) is 3.52. The van der Waals surface area contributed by atoms with Gasteiger partial charge in [-0.15, -0.1) is 0 Å². The van der Waals surface area contributed by atoms with Crippen LogP contribution in [0, 0.1) is 5.41 Å². The van der Waals surface area contributed by atoms with Crippen molar-refractivity contribution in [1.29, 1.82) is 0 Å². The second-order valence-corrected chi connectivity index (χ2v) is 12.6. The molecular formula is C31H36N4O5. The molecule has 1 unspecified atom stereocenters. The zero-order valence-electron chi connectivity index (χ0n) is 23.3.